The van der Waals surface area contributed by atoms with Crippen LogP contribution in [-0.4, -0.2) is 4.98 Å². The predicted molar refractivity (Wildman–Crippen MR) is 64.5 cm³/mol. The first-order valence-electron chi connectivity index (χ1n) is 5.30. The van der Waals surface area contributed by atoms with Crippen LogP contribution in [0.4, 0.5) is 17.6 Å². The molecule has 0 saturated carbocycles. The maximum Gasteiger partial charge on any atom is 0.417 e. The third-order valence-corrected chi connectivity index (χ3v) is 3.21. The molecule has 0 amide bonds. The van der Waals surface area contributed by atoms with E-state index in [0.29, 0.717) is 11.1 Å². The van der Waals surface area contributed by atoms with Gasteiger partial charge in [-0.25, -0.2) is 9.37 Å². The molecule has 2 nitrogen and oxygen atoms in total. The Kier molecular flexibility index (Phi) is 3.95. The molecule has 0 unspecified atom stereocenters. The first-order chi connectivity index (χ1) is 9.38. The van der Waals surface area contributed by atoms with E-state index >= 15 is 0 Å². The van der Waals surface area contributed by atoms with Crippen LogP contribution in [-0.2, 0) is 6.18 Å². The van der Waals surface area contributed by atoms with E-state index < -0.39 is 17.6 Å². The molecule has 1 aromatic heterocycles. The highest BCUT2D eigenvalue weighted by Crippen LogP contribution is 2.31. The number of hydrogen-bond acceptors (Lipinski definition) is 3. The van der Waals surface area contributed by atoms with E-state index in [1.807, 2.05) is 0 Å². The van der Waals surface area contributed by atoms with Crippen LogP contribution < -0.4 is 0 Å². The lowest BCUT2D eigenvalue weighted by atomic mass is 10.2. The molecule has 1 aromatic carbocycles. The average molecular weight is 298 g/mol. The molecule has 0 spiro atoms. The number of nitriles is 1. The van der Waals surface area contributed by atoms with Gasteiger partial charge in [0.1, 0.15) is 10.8 Å². The molecule has 2 aromatic rings. The van der Waals surface area contributed by atoms with Crippen molar-refractivity contribution >= 4 is 11.8 Å². The Bertz CT molecular complexity index is 660. The van der Waals surface area contributed by atoms with Crippen LogP contribution in [0, 0.1) is 17.1 Å². The molecule has 0 aliphatic carbocycles. The molecule has 0 bridgehead atoms. The van der Waals surface area contributed by atoms with Crippen LogP contribution in [0.5, 0.6) is 0 Å². The standard InChI is InChI=1S/C13H6F4N2S/c14-10-3-8(6-18)4-11(5-10)20-12-2-1-9(7-19-12)13(15,16)17/h1-5,7H. The highest BCUT2D eigenvalue weighted by molar-refractivity contribution is 7.99. The van der Waals surface area contributed by atoms with E-state index in [9.17, 15) is 17.6 Å². The topological polar surface area (TPSA) is 36.7 Å². The Morgan fingerprint density at radius 1 is 1.15 bits per heavy atom. The number of halogens is 4. The van der Waals surface area contributed by atoms with Crippen molar-refractivity contribution in [2.45, 2.75) is 16.1 Å². The summed E-state index contributed by atoms with van der Waals surface area (Å²) in [7, 11) is 0. The van der Waals surface area contributed by atoms with Gasteiger partial charge in [-0.3, -0.25) is 0 Å². The second-order valence-electron chi connectivity index (χ2n) is 3.77. The molecule has 0 fully saturated rings. The first-order valence-corrected chi connectivity index (χ1v) is 6.12. The lowest BCUT2D eigenvalue weighted by molar-refractivity contribution is -0.137. The average Bonchev–Trinajstić information content (AvgIpc) is 2.37. The molecule has 0 saturated heterocycles. The Labute approximate surface area is 116 Å². The van der Waals surface area contributed by atoms with Gasteiger partial charge in [0.25, 0.3) is 0 Å². The summed E-state index contributed by atoms with van der Waals surface area (Å²) in [6, 6.07) is 7.60. The van der Waals surface area contributed by atoms with Crippen molar-refractivity contribution in [2.24, 2.45) is 0 Å². The normalized spacial score (nSPS) is 11.2. The van der Waals surface area contributed by atoms with Crippen molar-refractivity contribution in [3.63, 3.8) is 0 Å². The van der Waals surface area contributed by atoms with Crippen LogP contribution in [0.15, 0.2) is 46.5 Å². The van der Waals surface area contributed by atoms with Gasteiger partial charge < -0.3 is 0 Å². The summed E-state index contributed by atoms with van der Waals surface area (Å²) in [5, 5.41) is 9.00. The number of rotatable bonds is 2. The Morgan fingerprint density at radius 2 is 1.90 bits per heavy atom. The van der Waals surface area contributed by atoms with Crippen molar-refractivity contribution in [1.82, 2.24) is 4.98 Å². The van der Waals surface area contributed by atoms with Crippen LogP contribution in [0.1, 0.15) is 11.1 Å². The molecule has 20 heavy (non-hydrogen) atoms. The van der Waals surface area contributed by atoms with E-state index in [1.165, 1.54) is 18.2 Å². The molecule has 0 N–H and O–H groups in total. The summed E-state index contributed by atoms with van der Waals surface area (Å²) in [5.41, 5.74) is -0.710. The summed E-state index contributed by atoms with van der Waals surface area (Å²) in [5.74, 6) is -0.585. The third kappa shape index (κ3) is 3.48. The van der Waals surface area contributed by atoms with Crippen molar-refractivity contribution in [3.05, 3.63) is 53.5 Å². The number of benzene rings is 1. The van der Waals surface area contributed by atoms with Gasteiger partial charge in [0, 0.05) is 11.1 Å². The highest BCUT2D eigenvalue weighted by Gasteiger charge is 2.30. The monoisotopic (exact) mass is 298 g/mol. The number of pyridine rings is 1. The Balaban J connectivity index is 2.23. The molecule has 0 radical (unpaired) electrons. The van der Waals surface area contributed by atoms with Crippen molar-refractivity contribution in [1.29, 1.82) is 5.26 Å². The van der Waals surface area contributed by atoms with Gasteiger partial charge in [-0.2, -0.15) is 18.4 Å². The molecular weight excluding hydrogens is 292 g/mol. The summed E-state index contributed by atoms with van der Waals surface area (Å²) in [4.78, 5) is 4.06. The largest absolute Gasteiger partial charge is 0.417 e. The first kappa shape index (κ1) is 14.3. The molecule has 0 aliphatic heterocycles. The van der Waals surface area contributed by atoms with Gasteiger partial charge in [0.05, 0.1) is 17.2 Å². The zero-order valence-corrected chi connectivity index (χ0v) is 10.6. The molecule has 0 aliphatic rings. The van der Waals surface area contributed by atoms with Gasteiger partial charge in [0.2, 0.25) is 0 Å². The lowest BCUT2D eigenvalue weighted by Gasteiger charge is -2.06. The summed E-state index contributed by atoms with van der Waals surface area (Å²) in [6.07, 6.45) is -3.73. The molecule has 7 heteroatoms. The van der Waals surface area contributed by atoms with Crippen LogP contribution in [0.2, 0.25) is 0 Å². The minimum atomic E-state index is -4.44. The fraction of sp³-hybridized carbons (Fsp3) is 0.0769. The Hall–Kier alpha value is -2.07. The fourth-order valence-electron chi connectivity index (χ4n) is 1.42. The lowest BCUT2D eigenvalue weighted by Crippen LogP contribution is -2.04. The van der Waals surface area contributed by atoms with Crippen LogP contribution >= 0.6 is 11.8 Å². The smallest absolute Gasteiger partial charge is 0.249 e. The summed E-state index contributed by atoms with van der Waals surface area (Å²) >= 11 is 0.981. The summed E-state index contributed by atoms with van der Waals surface area (Å²) < 4.78 is 50.3. The predicted octanol–water partition coefficient (Wildman–Crippen LogP) is 4.26. The minimum Gasteiger partial charge on any atom is -0.249 e. The van der Waals surface area contributed by atoms with Crippen molar-refractivity contribution in [3.8, 4) is 6.07 Å². The SMILES string of the molecule is N#Cc1cc(F)cc(Sc2ccc(C(F)(F)F)cn2)c1. The van der Waals surface area contributed by atoms with Gasteiger partial charge in [-0.05, 0) is 30.3 Å². The van der Waals surface area contributed by atoms with Crippen molar-refractivity contribution in [2.75, 3.05) is 0 Å². The zero-order valence-electron chi connectivity index (χ0n) is 9.78. The molecule has 0 atom stereocenters. The number of aromatic nitrogens is 1. The van der Waals surface area contributed by atoms with E-state index in [4.69, 9.17) is 5.26 Å². The maximum atomic E-state index is 13.2. The second-order valence-corrected chi connectivity index (χ2v) is 4.87. The second kappa shape index (κ2) is 5.51. The molecule has 102 valence electrons. The molecular formula is C13H6F4N2S. The summed E-state index contributed by atoms with van der Waals surface area (Å²) in [6.45, 7) is 0. The Morgan fingerprint density at radius 3 is 2.45 bits per heavy atom. The van der Waals surface area contributed by atoms with Gasteiger partial charge >= 0.3 is 6.18 Å². The minimum absolute atomic E-state index is 0.138. The maximum absolute atomic E-state index is 13.2. The van der Waals surface area contributed by atoms with Gasteiger partial charge in [-0.1, -0.05) is 11.8 Å². The van der Waals surface area contributed by atoms with Crippen molar-refractivity contribution < 1.29 is 17.6 Å². The third-order valence-electron chi connectivity index (χ3n) is 2.29. The van der Waals surface area contributed by atoms with E-state index in [2.05, 4.69) is 4.98 Å². The van der Waals surface area contributed by atoms with E-state index in [-0.39, 0.29) is 10.6 Å². The molecule has 2 rings (SSSR count). The zero-order chi connectivity index (χ0) is 14.8. The number of alkyl halides is 3. The number of hydrogen-bond donors (Lipinski definition) is 0. The molecule has 1 heterocycles. The van der Waals surface area contributed by atoms with Gasteiger partial charge in [0.15, 0.2) is 0 Å². The van der Waals surface area contributed by atoms with Crippen LogP contribution in [0.25, 0.3) is 0 Å². The van der Waals surface area contributed by atoms with E-state index in [1.54, 1.807) is 6.07 Å². The highest BCUT2D eigenvalue weighted by atomic mass is 32.2. The quantitative estimate of drug-likeness (QED) is 0.777. The number of nitrogens with zero attached hydrogens (tertiary/aromatic N) is 2. The van der Waals surface area contributed by atoms with E-state index in [0.717, 1.165) is 23.9 Å². The van der Waals surface area contributed by atoms with Gasteiger partial charge in [-0.15, -0.1) is 0 Å². The fourth-order valence-corrected chi connectivity index (χ4v) is 2.26. The van der Waals surface area contributed by atoms with Crippen LogP contribution in [0.3, 0.4) is 0 Å².